The zero-order chi connectivity index (χ0) is 18.6. The van der Waals surface area contributed by atoms with Crippen LogP contribution >= 0.6 is 22.9 Å². The molecular formula is C19H23ClN4O2S. The number of thiazole rings is 1. The van der Waals surface area contributed by atoms with Crippen molar-refractivity contribution < 1.29 is 9.53 Å². The third kappa shape index (κ3) is 3.01. The number of carbonyl (C=O) groups is 1. The maximum Gasteiger partial charge on any atom is 0.267 e. The fraction of sp³-hybridized carbons (Fsp3) is 0.579. The van der Waals surface area contributed by atoms with Crippen molar-refractivity contribution in [3.8, 4) is 0 Å². The lowest BCUT2D eigenvalue weighted by molar-refractivity contribution is 0.00212. The van der Waals surface area contributed by atoms with Gasteiger partial charge in [0.1, 0.15) is 10.7 Å². The number of aromatic nitrogens is 2. The number of halogens is 1. The summed E-state index contributed by atoms with van der Waals surface area (Å²) in [4.78, 5) is 19.4. The number of amides is 1. The normalized spacial score (nSPS) is 32.1. The van der Waals surface area contributed by atoms with Crippen LogP contribution in [0.15, 0.2) is 23.8 Å². The molecule has 3 aliphatic heterocycles. The van der Waals surface area contributed by atoms with Crippen molar-refractivity contribution in [3.05, 3.63) is 39.6 Å². The second-order valence-electron chi connectivity index (χ2n) is 7.99. The standard InChI is InChI=1S/C19H23ClN4O2S/c1-23-8-12(20)6-15(23)18(25)22-7-13-14-9-24(10-17-21-4-5-27-17)11-19(14)3-2-16(13)26-19/h4-6,8,13-14,16H,2-3,7,9-11H2,1H3,(H,22,25)/t13-,14+,16+,19+/m0/s1. The smallest absolute Gasteiger partial charge is 0.267 e. The molecule has 1 amide bonds. The number of nitrogens with one attached hydrogen (secondary N) is 1. The minimum absolute atomic E-state index is 0.0222. The number of aryl methyl sites for hydroxylation is 1. The van der Waals surface area contributed by atoms with Crippen LogP contribution in [0.25, 0.3) is 0 Å². The number of ether oxygens (including phenoxy) is 1. The lowest BCUT2D eigenvalue weighted by Gasteiger charge is -2.29. The predicted octanol–water partition coefficient (Wildman–Crippen LogP) is 2.54. The van der Waals surface area contributed by atoms with Gasteiger partial charge in [0.15, 0.2) is 0 Å². The maximum atomic E-state index is 12.6. The summed E-state index contributed by atoms with van der Waals surface area (Å²) in [6.45, 7) is 3.55. The van der Waals surface area contributed by atoms with Crippen LogP contribution in [0.3, 0.4) is 0 Å². The quantitative estimate of drug-likeness (QED) is 0.829. The molecule has 4 atom stereocenters. The summed E-state index contributed by atoms with van der Waals surface area (Å²) in [6, 6.07) is 1.71. The zero-order valence-electron chi connectivity index (χ0n) is 15.2. The van der Waals surface area contributed by atoms with Crippen LogP contribution in [-0.4, -0.2) is 51.7 Å². The van der Waals surface area contributed by atoms with Gasteiger partial charge in [-0.3, -0.25) is 9.69 Å². The molecule has 3 saturated heterocycles. The average Bonchev–Trinajstić information content (AvgIpc) is 3.41. The largest absolute Gasteiger partial charge is 0.370 e. The van der Waals surface area contributed by atoms with E-state index in [1.165, 1.54) is 0 Å². The second kappa shape index (κ2) is 6.58. The summed E-state index contributed by atoms with van der Waals surface area (Å²) in [5.74, 6) is 0.784. The first kappa shape index (κ1) is 17.7. The Balaban J connectivity index is 1.26. The molecule has 1 N–H and O–H groups in total. The summed E-state index contributed by atoms with van der Waals surface area (Å²) < 4.78 is 8.24. The first-order valence-electron chi connectivity index (χ1n) is 9.43. The Morgan fingerprint density at radius 2 is 2.44 bits per heavy atom. The number of likely N-dealkylation sites (tertiary alicyclic amines) is 1. The van der Waals surface area contributed by atoms with Gasteiger partial charge in [0.2, 0.25) is 0 Å². The van der Waals surface area contributed by atoms with E-state index in [0.29, 0.717) is 29.1 Å². The lowest BCUT2D eigenvalue weighted by atomic mass is 9.73. The van der Waals surface area contributed by atoms with Gasteiger partial charge in [-0.05, 0) is 18.9 Å². The Bertz CT molecular complexity index is 854. The van der Waals surface area contributed by atoms with Gasteiger partial charge in [0.25, 0.3) is 5.91 Å². The molecule has 3 aliphatic rings. The molecule has 0 radical (unpaired) electrons. The van der Waals surface area contributed by atoms with Crippen LogP contribution in [-0.2, 0) is 18.3 Å². The maximum absolute atomic E-state index is 12.6. The molecule has 2 aromatic heterocycles. The number of rotatable bonds is 5. The van der Waals surface area contributed by atoms with E-state index in [-0.39, 0.29) is 17.6 Å². The predicted molar refractivity (Wildman–Crippen MR) is 104 cm³/mol. The van der Waals surface area contributed by atoms with Gasteiger partial charge in [-0.2, -0.15) is 0 Å². The number of carbonyl (C=O) groups excluding carboxylic acids is 1. The minimum atomic E-state index is -0.0705. The highest BCUT2D eigenvalue weighted by Gasteiger charge is 2.62. The highest BCUT2D eigenvalue weighted by molar-refractivity contribution is 7.09. The summed E-state index contributed by atoms with van der Waals surface area (Å²) in [5.41, 5.74) is 0.571. The van der Waals surface area contributed by atoms with E-state index in [1.54, 1.807) is 28.2 Å². The van der Waals surface area contributed by atoms with E-state index < -0.39 is 0 Å². The molecule has 144 valence electrons. The van der Waals surface area contributed by atoms with Crippen LogP contribution in [0.4, 0.5) is 0 Å². The Hall–Kier alpha value is -1.41. The van der Waals surface area contributed by atoms with E-state index in [2.05, 4.69) is 15.2 Å². The second-order valence-corrected chi connectivity index (χ2v) is 9.41. The molecule has 8 heteroatoms. The molecule has 0 aliphatic carbocycles. The van der Waals surface area contributed by atoms with E-state index in [9.17, 15) is 4.79 Å². The van der Waals surface area contributed by atoms with Crippen LogP contribution in [0.1, 0.15) is 28.3 Å². The zero-order valence-corrected chi connectivity index (χ0v) is 16.8. The molecule has 27 heavy (non-hydrogen) atoms. The molecule has 5 rings (SSSR count). The summed E-state index contributed by atoms with van der Waals surface area (Å²) in [6.07, 6.45) is 6.12. The Kier molecular flexibility index (Phi) is 4.31. The van der Waals surface area contributed by atoms with Crippen LogP contribution in [0.2, 0.25) is 5.02 Å². The summed E-state index contributed by atoms with van der Waals surface area (Å²) >= 11 is 7.71. The average molecular weight is 407 g/mol. The SMILES string of the molecule is Cn1cc(Cl)cc1C(=O)NC[C@H]1[C@H]2CN(Cc3nccs3)C[C@]23CC[C@H]1O3. The number of fused-ring (bicyclic) bond motifs is 1. The van der Waals surface area contributed by atoms with Gasteiger partial charge in [-0.15, -0.1) is 11.3 Å². The third-order valence-corrected chi connectivity index (χ3v) is 7.37. The van der Waals surface area contributed by atoms with E-state index in [4.69, 9.17) is 16.3 Å². The van der Waals surface area contributed by atoms with Crippen molar-refractivity contribution in [1.29, 1.82) is 0 Å². The molecule has 2 aromatic rings. The van der Waals surface area contributed by atoms with E-state index in [1.807, 2.05) is 18.6 Å². The van der Waals surface area contributed by atoms with Crippen molar-refractivity contribution in [2.24, 2.45) is 18.9 Å². The van der Waals surface area contributed by atoms with Gasteiger partial charge in [-0.25, -0.2) is 4.98 Å². The number of hydrogen-bond acceptors (Lipinski definition) is 5. The highest BCUT2D eigenvalue weighted by Crippen LogP contribution is 2.54. The molecule has 0 unspecified atom stereocenters. The monoisotopic (exact) mass is 406 g/mol. The Labute approximate surface area is 167 Å². The van der Waals surface area contributed by atoms with E-state index >= 15 is 0 Å². The Morgan fingerprint density at radius 1 is 1.56 bits per heavy atom. The van der Waals surface area contributed by atoms with Crippen molar-refractivity contribution in [2.75, 3.05) is 19.6 Å². The molecule has 5 heterocycles. The number of hydrogen-bond donors (Lipinski definition) is 1. The summed E-state index contributed by atoms with van der Waals surface area (Å²) in [5, 5.41) is 6.89. The van der Waals surface area contributed by atoms with Crippen molar-refractivity contribution >= 4 is 28.8 Å². The summed E-state index contributed by atoms with van der Waals surface area (Å²) in [7, 11) is 1.84. The topological polar surface area (TPSA) is 59.4 Å². The minimum Gasteiger partial charge on any atom is -0.370 e. The first-order valence-corrected chi connectivity index (χ1v) is 10.7. The van der Waals surface area contributed by atoms with Crippen molar-refractivity contribution in [1.82, 2.24) is 19.8 Å². The molecule has 0 saturated carbocycles. The van der Waals surface area contributed by atoms with Gasteiger partial charge in [-0.1, -0.05) is 11.6 Å². The Morgan fingerprint density at radius 3 is 3.19 bits per heavy atom. The molecule has 0 aromatic carbocycles. The van der Waals surface area contributed by atoms with Crippen LogP contribution < -0.4 is 5.32 Å². The molecule has 3 fully saturated rings. The lowest BCUT2D eigenvalue weighted by Crippen LogP contribution is -2.42. The molecule has 1 spiro atoms. The molecular weight excluding hydrogens is 384 g/mol. The molecule has 6 nitrogen and oxygen atoms in total. The fourth-order valence-electron chi connectivity index (χ4n) is 5.25. The third-order valence-electron chi connectivity index (χ3n) is 6.40. The van der Waals surface area contributed by atoms with E-state index in [0.717, 1.165) is 37.5 Å². The van der Waals surface area contributed by atoms with Crippen LogP contribution in [0.5, 0.6) is 0 Å². The van der Waals surface area contributed by atoms with Gasteiger partial charge >= 0.3 is 0 Å². The van der Waals surface area contributed by atoms with Crippen molar-refractivity contribution in [3.63, 3.8) is 0 Å². The molecule has 2 bridgehead atoms. The van der Waals surface area contributed by atoms with Crippen LogP contribution in [0, 0.1) is 11.8 Å². The van der Waals surface area contributed by atoms with Crippen molar-refractivity contribution in [2.45, 2.75) is 31.1 Å². The fourth-order valence-corrected chi connectivity index (χ4v) is 6.16. The highest BCUT2D eigenvalue weighted by atomic mass is 35.5. The van der Waals surface area contributed by atoms with Gasteiger partial charge < -0.3 is 14.6 Å². The van der Waals surface area contributed by atoms with Gasteiger partial charge in [0, 0.05) is 56.3 Å². The number of nitrogens with zero attached hydrogens (tertiary/aromatic N) is 3. The van der Waals surface area contributed by atoms with Gasteiger partial charge in [0.05, 0.1) is 23.3 Å². The first-order chi connectivity index (χ1) is 13.0.